The van der Waals surface area contributed by atoms with Crippen molar-refractivity contribution in [2.75, 3.05) is 52.5 Å². The number of rotatable bonds is 4. The molecule has 0 aromatic rings. The average Bonchev–Trinajstić information content (AvgIpc) is 2.33. The van der Waals surface area contributed by atoms with Crippen LogP contribution in [0.15, 0.2) is 0 Å². The molecular formula is C11H21ClN2O2. The van der Waals surface area contributed by atoms with Gasteiger partial charge < -0.3 is 9.47 Å². The molecule has 0 amide bonds. The summed E-state index contributed by atoms with van der Waals surface area (Å²) in [5.41, 5.74) is 0. The summed E-state index contributed by atoms with van der Waals surface area (Å²) in [5, 5.41) is 0. The van der Waals surface area contributed by atoms with E-state index in [0.717, 1.165) is 65.4 Å². The fourth-order valence-electron chi connectivity index (χ4n) is 2.16. The number of morpholine rings is 1. The highest BCUT2D eigenvalue weighted by atomic mass is 35.5. The van der Waals surface area contributed by atoms with Gasteiger partial charge in [-0.3, -0.25) is 4.90 Å². The van der Waals surface area contributed by atoms with Gasteiger partial charge in [0.2, 0.25) is 0 Å². The van der Waals surface area contributed by atoms with Gasteiger partial charge >= 0.3 is 0 Å². The average molecular weight is 249 g/mol. The first-order valence-electron chi connectivity index (χ1n) is 6.17. The second-order valence-corrected chi connectivity index (χ2v) is 4.91. The first-order valence-corrected chi connectivity index (χ1v) is 6.51. The lowest BCUT2D eigenvalue weighted by Crippen LogP contribution is -2.39. The van der Waals surface area contributed by atoms with Crippen LogP contribution < -0.4 is 0 Å². The summed E-state index contributed by atoms with van der Waals surface area (Å²) in [4.78, 5) is 2.40. The van der Waals surface area contributed by atoms with Crippen molar-refractivity contribution < 1.29 is 9.47 Å². The Morgan fingerprint density at radius 1 is 1.12 bits per heavy atom. The highest BCUT2D eigenvalue weighted by molar-refractivity contribution is 6.13. The second-order valence-electron chi connectivity index (χ2n) is 4.43. The molecule has 0 aliphatic carbocycles. The molecule has 0 bridgehead atoms. The van der Waals surface area contributed by atoms with Crippen LogP contribution >= 0.6 is 11.8 Å². The molecule has 0 aromatic heterocycles. The van der Waals surface area contributed by atoms with Crippen LogP contribution in [0, 0.1) is 0 Å². The van der Waals surface area contributed by atoms with E-state index in [1.807, 2.05) is 4.42 Å². The van der Waals surface area contributed by atoms with Crippen molar-refractivity contribution in [3.8, 4) is 0 Å². The molecule has 2 fully saturated rings. The minimum atomic E-state index is 0.413. The van der Waals surface area contributed by atoms with Crippen LogP contribution in [-0.4, -0.2) is 68.0 Å². The first-order chi connectivity index (χ1) is 7.84. The summed E-state index contributed by atoms with van der Waals surface area (Å²) in [6, 6.07) is 0. The Balaban J connectivity index is 1.53. The summed E-state index contributed by atoms with van der Waals surface area (Å²) in [6.45, 7) is 7.59. The smallest absolute Gasteiger partial charge is 0.0601 e. The Morgan fingerprint density at radius 3 is 2.50 bits per heavy atom. The van der Waals surface area contributed by atoms with Crippen LogP contribution in [0.1, 0.15) is 12.8 Å². The Kier molecular flexibility index (Phi) is 5.32. The lowest BCUT2D eigenvalue weighted by atomic mass is 10.1. The summed E-state index contributed by atoms with van der Waals surface area (Å²) in [6.07, 6.45) is 2.54. The predicted molar refractivity (Wildman–Crippen MR) is 63.7 cm³/mol. The predicted octanol–water partition coefficient (Wildman–Crippen LogP) is 0.953. The lowest BCUT2D eigenvalue weighted by Gasteiger charge is -2.29. The zero-order chi connectivity index (χ0) is 11.2. The summed E-state index contributed by atoms with van der Waals surface area (Å²) in [7, 11) is 0. The number of hydrogen-bond acceptors (Lipinski definition) is 4. The molecule has 5 heteroatoms. The molecule has 0 saturated carbocycles. The van der Waals surface area contributed by atoms with Gasteiger partial charge in [-0.25, -0.2) is 4.42 Å². The molecule has 0 spiro atoms. The van der Waals surface area contributed by atoms with Crippen molar-refractivity contribution in [3.05, 3.63) is 0 Å². The highest BCUT2D eigenvalue weighted by Gasteiger charge is 2.18. The van der Waals surface area contributed by atoms with E-state index in [4.69, 9.17) is 21.3 Å². The topological polar surface area (TPSA) is 24.9 Å². The van der Waals surface area contributed by atoms with E-state index < -0.39 is 0 Å². The van der Waals surface area contributed by atoms with Crippen molar-refractivity contribution >= 4 is 11.8 Å². The van der Waals surface area contributed by atoms with Crippen molar-refractivity contribution in [1.82, 2.24) is 9.32 Å². The first kappa shape index (κ1) is 12.6. The molecule has 16 heavy (non-hydrogen) atoms. The zero-order valence-corrected chi connectivity index (χ0v) is 10.5. The minimum Gasteiger partial charge on any atom is -0.379 e. The summed E-state index contributed by atoms with van der Waals surface area (Å²) in [5.74, 6) is 0. The van der Waals surface area contributed by atoms with E-state index in [1.54, 1.807) is 0 Å². The summed E-state index contributed by atoms with van der Waals surface area (Å²) < 4.78 is 13.0. The van der Waals surface area contributed by atoms with Crippen molar-refractivity contribution in [2.45, 2.75) is 18.9 Å². The van der Waals surface area contributed by atoms with Gasteiger partial charge in [-0.05, 0) is 24.6 Å². The van der Waals surface area contributed by atoms with Crippen LogP contribution in [0.2, 0.25) is 0 Å². The fraction of sp³-hybridized carbons (Fsp3) is 1.00. The molecule has 0 radical (unpaired) electrons. The molecule has 94 valence electrons. The number of piperidine rings is 1. The molecule has 0 unspecified atom stereocenters. The normalized spacial score (nSPS) is 26.1. The molecule has 2 aliphatic rings. The highest BCUT2D eigenvalue weighted by Crippen LogP contribution is 2.14. The van der Waals surface area contributed by atoms with Crippen LogP contribution in [-0.2, 0) is 9.47 Å². The number of ether oxygens (including phenoxy) is 2. The maximum absolute atomic E-state index is 5.89. The quantitative estimate of drug-likeness (QED) is 0.692. The van der Waals surface area contributed by atoms with E-state index >= 15 is 0 Å². The fourth-order valence-corrected chi connectivity index (χ4v) is 2.36. The van der Waals surface area contributed by atoms with Crippen LogP contribution in [0.5, 0.6) is 0 Å². The van der Waals surface area contributed by atoms with Crippen molar-refractivity contribution in [1.29, 1.82) is 0 Å². The number of nitrogens with zero attached hydrogens (tertiary/aromatic N) is 2. The van der Waals surface area contributed by atoms with Gasteiger partial charge in [0.1, 0.15) is 0 Å². The summed E-state index contributed by atoms with van der Waals surface area (Å²) >= 11 is 5.89. The van der Waals surface area contributed by atoms with E-state index in [0.29, 0.717) is 6.10 Å². The minimum absolute atomic E-state index is 0.413. The maximum Gasteiger partial charge on any atom is 0.0601 e. The maximum atomic E-state index is 5.89. The molecule has 4 nitrogen and oxygen atoms in total. The zero-order valence-electron chi connectivity index (χ0n) is 9.74. The molecule has 2 saturated heterocycles. The van der Waals surface area contributed by atoms with Gasteiger partial charge in [0.15, 0.2) is 0 Å². The van der Waals surface area contributed by atoms with Crippen molar-refractivity contribution in [2.24, 2.45) is 0 Å². The third-order valence-corrected chi connectivity index (χ3v) is 3.59. The number of halogens is 1. The molecule has 2 rings (SSSR count). The Morgan fingerprint density at radius 2 is 1.81 bits per heavy atom. The third-order valence-electron chi connectivity index (χ3n) is 3.25. The molecule has 0 aromatic carbocycles. The van der Waals surface area contributed by atoms with Gasteiger partial charge in [-0.1, -0.05) is 0 Å². The molecule has 2 aliphatic heterocycles. The monoisotopic (exact) mass is 248 g/mol. The van der Waals surface area contributed by atoms with E-state index in [1.165, 1.54) is 0 Å². The molecule has 2 heterocycles. The Bertz CT molecular complexity index is 192. The van der Waals surface area contributed by atoms with E-state index in [9.17, 15) is 0 Å². The van der Waals surface area contributed by atoms with Gasteiger partial charge in [0.25, 0.3) is 0 Å². The second kappa shape index (κ2) is 6.77. The van der Waals surface area contributed by atoms with Gasteiger partial charge in [0.05, 0.1) is 25.9 Å². The Labute approximate surface area is 103 Å². The van der Waals surface area contributed by atoms with E-state index in [-0.39, 0.29) is 0 Å². The van der Waals surface area contributed by atoms with Crippen LogP contribution in [0.4, 0.5) is 0 Å². The van der Waals surface area contributed by atoms with Crippen molar-refractivity contribution in [3.63, 3.8) is 0 Å². The van der Waals surface area contributed by atoms with E-state index in [2.05, 4.69) is 4.90 Å². The largest absolute Gasteiger partial charge is 0.379 e. The van der Waals surface area contributed by atoms with Crippen LogP contribution in [0.3, 0.4) is 0 Å². The SMILES string of the molecule is ClN1CCC(OCCN2CCOCC2)CC1. The molecule has 0 N–H and O–H groups in total. The number of hydrogen-bond donors (Lipinski definition) is 0. The third kappa shape index (κ3) is 4.18. The molecular weight excluding hydrogens is 228 g/mol. The van der Waals surface area contributed by atoms with Gasteiger partial charge in [-0.2, -0.15) is 0 Å². The molecule has 0 atom stereocenters. The van der Waals surface area contributed by atoms with Gasteiger partial charge in [0, 0.05) is 32.7 Å². The lowest BCUT2D eigenvalue weighted by molar-refractivity contribution is -0.0113. The Hall–Kier alpha value is 0.130. The standard InChI is InChI=1S/C11H21ClN2O2/c12-14-3-1-11(2-4-14)16-10-7-13-5-8-15-9-6-13/h11H,1-10H2. The van der Waals surface area contributed by atoms with Crippen LogP contribution in [0.25, 0.3) is 0 Å². The van der Waals surface area contributed by atoms with Gasteiger partial charge in [-0.15, -0.1) is 0 Å².